The van der Waals surface area contributed by atoms with Crippen LogP contribution in [0.15, 0.2) is 29.0 Å². The molecule has 1 aliphatic heterocycles. The topological polar surface area (TPSA) is 62.6 Å². The van der Waals surface area contributed by atoms with Gasteiger partial charge < -0.3 is 10.2 Å². The van der Waals surface area contributed by atoms with Crippen molar-refractivity contribution in [2.24, 2.45) is 0 Å². The molecule has 1 unspecified atom stereocenters. The van der Waals surface area contributed by atoms with Crippen LogP contribution in [0.5, 0.6) is 0 Å². The predicted molar refractivity (Wildman–Crippen MR) is 94.6 cm³/mol. The summed E-state index contributed by atoms with van der Waals surface area (Å²) in [6, 6.07) is 6.47. The van der Waals surface area contributed by atoms with Gasteiger partial charge in [-0.3, -0.25) is 10.1 Å². The lowest BCUT2D eigenvalue weighted by molar-refractivity contribution is -0.919. The number of rotatable bonds is 4. The van der Waals surface area contributed by atoms with Crippen LogP contribution in [-0.2, 0) is 11.2 Å². The third-order valence-corrected chi connectivity index (χ3v) is 6.49. The zero-order valence-corrected chi connectivity index (χ0v) is 14.8. The molecule has 126 valence electrons. The van der Waals surface area contributed by atoms with Crippen LogP contribution in [0, 0.1) is 0 Å². The number of nitrogens with one attached hydrogen (secondary N) is 3. The summed E-state index contributed by atoms with van der Waals surface area (Å²) in [5.41, 5.74) is 1.33. The van der Waals surface area contributed by atoms with Gasteiger partial charge in [0.15, 0.2) is 6.54 Å². The zero-order chi connectivity index (χ0) is 16.5. The largest absolute Gasteiger partial charge is 0.335 e. The summed E-state index contributed by atoms with van der Waals surface area (Å²) in [4.78, 5) is 28.0. The summed E-state index contributed by atoms with van der Waals surface area (Å²) in [7, 11) is 0. The van der Waals surface area contributed by atoms with Gasteiger partial charge in [-0.2, -0.15) is 0 Å². The third kappa shape index (κ3) is 3.38. The molecule has 0 saturated heterocycles. The van der Waals surface area contributed by atoms with Crippen molar-refractivity contribution in [1.82, 2.24) is 10.6 Å². The van der Waals surface area contributed by atoms with E-state index in [9.17, 15) is 9.59 Å². The molecule has 3 heterocycles. The van der Waals surface area contributed by atoms with Crippen LogP contribution in [0.1, 0.15) is 34.2 Å². The van der Waals surface area contributed by atoms with Crippen molar-refractivity contribution in [3.63, 3.8) is 0 Å². The molecule has 2 aromatic heterocycles. The second kappa shape index (κ2) is 6.66. The molecule has 2 atom stereocenters. The van der Waals surface area contributed by atoms with Crippen molar-refractivity contribution < 1.29 is 14.5 Å². The maximum Gasteiger partial charge on any atom is 0.321 e. The standard InChI is InChI=1S/C17H19N3O2S2/c21-15(19-17(22)18-11-3-4-11)10-20-7-5-13-12(6-9-24-13)16(20)14-2-1-8-23-14/h1-2,6,8-9,11,16H,3-5,7,10H2,(H2,18,19,21,22)/p+1/t16-/m0/s1. The van der Waals surface area contributed by atoms with Crippen LogP contribution in [-0.4, -0.2) is 31.1 Å². The molecule has 3 amide bonds. The van der Waals surface area contributed by atoms with E-state index in [1.165, 1.54) is 20.2 Å². The molecule has 3 N–H and O–H groups in total. The molecule has 0 bridgehead atoms. The van der Waals surface area contributed by atoms with Crippen molar-refractivity contribution in [2.45, 2.75) is 31.3 Å². The maximum absolute atomic E-state index is 12.3. The predicted octanol–water partition coefficient (Wildman–Crippen LogP) is 1.33. The highest BCUT2D eigenvalue weighted by Crippen LogP contribution is 2.31. The minimum atomic E-state index is -0.359. The molecule has 0 radical (unpaired) electrons. The molecule has 1 fully saturated rings. The van der Waals surface area contributed by atoms with Crippen LogP contribution in [0.2, 0.25) is 0 Å². The number of carbonyl (C=O) groups excluding carboxylic acids is 2. The number of amides is 3. The van der Waals surface area contributed by atoms with Crippen LogP contribution in [0.3, 0.4) is 0 Å². The van der Waals surface area contributed by atoms with Gasteiger partial charge in [0, 0.05) is 22.9 Å². The number of imide groups is 1. The number of hydrogen-bond acceptors (Lipinski definition) is 4. The average molecular weight is 363 g/mol. The average Bonchev–Trinajstić information content (AvgIpc) is 3.04. The first-order valence-corrected chi connectivity index (χ1v) is 10.0. The smallest absolute Gasteiger partial charge is 0.321 e. The quantitative estimate of drug-likeness (QED) is 0.768. The summed E-state index contributed by atoms with van der Waals surface area (Å²) >= 11 is 3.53. The Morgan fingerprint density at radius 3 is 2.83 bits per heavy atom. The van der Waals surface area contributed by atoms with E-state index in [-0.39, 0.29) is 24.0 Å². The summed E-state index contributed by atoms with van der Waals surface area (Å²) in [6.45, 7) is 1.23. The minimum absolute atomic E-state index is 0.192. The first kappa shape index (κ1) is 15.8. The minimum Gasteiger partial charge on any atom is -0.335 e. The molecular weight excluding hydrogens is 342 g/mol. The summed E-state index contributed by atoms with van der Waals surface area (Å²) in [6.07, 6.45) is 3.02. The van der Waals surface area contributed by atoms with Crippen LogP contribution < -0.4 is 15.5 Å². The Hall–Kier alpha value is -1.70. The molecular formula is C17H20N3O2S2+. The van der Waals surface area contributed by atoms with Gasteiger partial charge >= 0.3 is 6.03 Å². The fourth-order valence-electron chi connectivity index (χ4n) is 3.28. The van der Waals surface area contributed by atoms with Gasteiger partial charge in [0.05, 0.1) is 11.4 Å². The highest BCUT2D eigenvalue weighted by molar-refractivity contribution is 7.10. The number of hydrogen-bond donors (Lipinski definition) is 3. The van der Waals surface area contributed by atoms with Crippen molar-refractivity contribution in [2.75, 3.05) is 13.1 Å². The second-order valence-corrected chi connectivity index (χ2v) is 8.36. The fraction of sp³-hybridized carbons (Fsp3) is 0.412. The first-order valence-electron chi connectivity index (χ1n) is 8.25. The molecule has 2 aromatic rings. The lowest BCUT2D eigenvalue weighted by Gasteiger charge is -2.31. The zero-order valence-electron chi connectivity index (χ0n) is 13.2. The normalized spacial score (nSPS) is 22.7. The van der Waals surface area contributed by atoms with E-state index in [1.54, 1.807) is 22.7 Å². The van der Waals surface area contributed by atoms with Gasteiger partial charge in [-0.1, -0.05) is 6.07 Å². The van der Waals surface area contributed by atoms with Crippen molar-refractivity contribution >= 4 is 34.6 Å². The van der Waals surface area contributed by atoms with E-state index in [0.717, 1.165) is 25.8 Å². The van der Waals surface area contributed by atoms with Gasteiger partial charge in [0.1, 0.15) is 6.04 Å². The van der Waals surface area contributed by atoms with Crippen molar-refractivity contribution in [3.8, 4) is 0 Å². The lowest BCUT2D eigenvalue weighted by atomic mass is 9.98. The van der Waals surface area contributed by atoms with Gasteiger partial charge in [-0.05, 0) is 35.7 Å². The number of fused-ring (bicyclic) bond motifs is 1. The molecule has 4 rings (SSSR count). The van der Waals surface area contributed by atoms with E-state index in [0.29, 0.717) is 6.54 Å². The van der Waals surface area contributed by atoms with Gasteiger partial charge in [0.2, 0.25) is 0 Å². The Kier molecular flexibility index (Phi) is 4.39. The SMILES string of the molecule is O=C(C[NH+]1CCc2sccc2[C@H]1c1cccs1)NC(=O)NC1CC1. The molecule has 7 heteroatoms. The third-order valence-electron chi connectivity index (χ3n) is 4.55. The Morgan fingerprint density at radius 2 is 2.08 bits per heavy atom. The first-order chi connectivity index (χ1) is 11.7. The number of carbonyl (C=O) groups is 2. The van der Waals surface area contributed by atoms with Gasteiger partial charge in [-0.25, -0.2) is 4.79 Å². The Labute approximate surface area is 148 Å². The lowest BCUT2D eigenvalue weighted by Crippen LogP contribution is -3.14. The van der Waals surface area contributed by atoms with Crippen molar-refractivity contribution in [3.05, 3.63) is 44.3 Å². The van der Waals surface area contributed by atoms with Gasteiger partial charge in [-0.15, -0.1) is 22.7 Å². The van der Waals surface area contributed by atoms with Gasteiger partial charge in [0.25, 0.3) is 5.91 Å². The Morgan fingerprint density at radius 1 is 1.21 bits per heavy atom. The molecule has 2 aliphatic rings. The number of quaternary nitrogens is 1. The molecule has 1 saturated carbocycles. The summed E-state index contributed by atoms with van der Waals surface area (Å²) < 4.78 is 0. The highest BCUT2D eigenvalue weighted by Gasteiger charge is 2.35. The summed E-state index contributed by atoms with van der Waals surface area (Å²) in [5, 5.41) is 9.49. The van der Waals surface area contributed by atoms with E-state index in [4.69, 9.17) is 0 Å². The monoisotopic (exact) mass is 362 g/mol. The van der Waals surface area contributed by atoms with Crippen LogP contribution >= 0.6 is 22.7 Å². The van der Waals surface area contributed by atoms with E-state index >= 15 is 0 Å². The second-order valence-electron chi connectivity index (χ2n) is 6.38. The maximum atomic E-state index is 12.3. The molecule has 24 heavy (non-hydrogen) atoms. The van der Waals surface area contributed by atoms with E-state index < -0.39 is 0 Å². The fourth-order valence-corrected chi connectivity index (χ4v) is 5.10. The number of thiophene rings is 2. The van der Waals surface area contributed by atoms with E-state index in [2.05, 4.69) is 39.6 Å². The molecule has 0 aromatic carbocycles. The molecule has 0 spiro atoms. The number of urea groups is 1. The van der Waals surface area contributed by atoms with Crippen LogP contribution in [0.25, 0.3) is 0 Å². The highest BCUT2D eigenvalue weighted by atomic mass is 32.1. The summed E-state index contributed by atoms with van der Waals surface area (Å²) in [5.74, 6) is -0.205. The van der Waals surface area contributed by atoms with E-state index in [1.807, 2.05) is 0 Å². The van der Waals surface area contributed by atoms with Crippen molar-refractivity contribution in [1.29, 1.82) is 0 Å². The van der Waals surface area contributed by atoms with Crippen LogP contribution in [0.4, 0.5) is 4.79 Å². The Balaban J connectivity index is 1.47. The Bertz CT molecular complexity index is 737. The molecule has 1 aliphatic carbocycles. The molecule has 5 nitrogen and oxygen atoms in total.